The molecular formula is C13H16N2O. The number of imidazole rings is 1. The van der Waals surface area contributed by atoms with Gasteiger partial charge in [-0.25, -0.2) is 4.98 Å². The summed E-state index contributed by atoms with van der Waals surface area (Å²) in [7, 11) is 0. The Morgan fingerprint density at radius 1 is 1.44 bits per heavy atom. The zero-order chi connectivity index (χ0) is 11.5. The number of carbonyl (C=O) groups is 1. The van der Waals surface area contributed by atoms with E-state index < -0.39 is 0 Å². The number of pyridine rings is 1. The van der Waals surface area contributed by atoms with Crippen molar-refractivity contribution in [3.63, 3.8) is 0 Å². The largest absolute Gasteiger partial charge is 0.297 e. The molecule has 0 N–H and O–H groups in total. The molecule has 0 unspecified atom stereocenters. The third-order valence-electron chi connectivity index (χ3n) is 2.82. The van der Waals surface area contributed by atoms with E-state index in [2.05, 4.69) is 24.9 Å². The van der Waals surface area contributed by atoms with E-state index in [-0.39, 0.29) is 0 Å². The van der Waals surface area contributed by atoms with E-state index >= 15 is 0 Å². The fourth-order valence-corrected chi connectivity index (χ4v) is 2.01. The molecule has 16 heavy (non-hydrogen) atoms. The molecule has 0 radical (unpaired) electrons. The van der Waals surface area contributed by atoms with Gasteiger partial charge < -0.3 is 0 Å². The maximum atomic E-state index is 11.1. The molecule has 84 valence electrons. The van der Waals surface area contributed by atoms with Gasteiger partial charge in [0.1, 0.15) is 11.3 Å². The zero-order valence-electron chi connectivity index (χ0n) is 9.73. The van der Waals surface area contributed by atoms with Crippen LogP contribution in [0.3, 0.4) is 0 Å². The quantitative estimate of drug-likeness (QED) is 0.736. The van der Waals surface area contributed by atoms with E-state index in [1.54, 1.807) is 0 Å². The Hall–Kier alpha value is -1.64. The number of aryl methyl sites for hydroxylation is 2. The van der Waals surface area contributed by atoms with Crippen molar-refractivity contribution >= 4 is 11.9 Å². The van der Waals surface area contributed by atoms with Crippen LogP contribution < -0.4 is 0 Å². The molecule has 2 rings (SSSR count). The predicted molar refractivity (Wildman–Crippen MR) is 64.0 cm³/mol. The maximum Gasteiger partial charge on any atom is 0.168 e. The number of fused-ring (bicyclic) bond motifs is 1. The first kappa shape index (κ1) is 10.9. The number of rotatable bonds is 4. The normalized spacial score (nSPS) is 10.9. The topological polar surface area (TPSA) is 34.4 Å². The Balaban J connectivity index is 2.70. The molecule has 0 spiro atoms. The highest BCUT2D eigenvalue weighted by Gasteiger charge is 2.12. The number of hydrogen-bond donors (Lipinski definition) is 0. The van der Waals surface area contributed by atoms with Crippen molar-refractivity contribution in [2.45, 2.75) is 33.1 Å². The van der Waals surface area contributed by atoms with Crippen molar-refractivity contribution < 1.29 is 4.79 Å². The van der Waals surface area contributed by atoms with Crippen LogP contribution >= 0.6 is 0 Å². The molecule has 0 saturated heterocycles. The average molecular weight is 216 g/mol. The number of nitrogens with zero attached hydrogens (tertiary/aromatic N) is 2. The van der Waals surface area contributed by atoms with E-state index in [1.807, 2.05) is 16.7 Å². The fraction of sp³-hybridized carbons (Fsp3) is 0.385. The third kappa shape index (κ3) is 1.62. The molecule has 3 nitrogen and oxygen atoms in total. The highest BCUT2D eigenvalue weighted by molar-refractivity contribution is 5.77. The summed E-state index contributed by atoms with van der Waals surface area (Å²) in [5.74, 6) is 0. The summed E-state index contributed by atoms with van der Waals surface area (Å²) in [5.41, 5.74) is 3.73. The monoisotopic (exact) mass is 216 g/mol. The minimum atomic E-state index is 0.701. The smallest absolute Gasteiger partial charge is 0.168 e. The minimum Gasteiger partial charge on any atom is -0.297 e. The van der Waals surface area contributed by atoms with Crippen LogP contribution in [0.2, 0.25) is 0 Å². The lowest BCUT2D eigenvalue weighted by molar-refractivity contribution is 0.111. The second kappa shape index (κ2) is 4.47. The fourth-order valence-electron chi connectivity index (χ4n) is 2.01. The highest BCUT2D eigenvalue weighted by Crippen LogP contribution is 2.16. The second-order valence-electron chi connectivity index (χ2n) is 3.89. The van der Waals surface area contributed by atoms with Crippen molar-refractivity contribution in [2.24, 2.45) is 0 Å². The molecule has 0 aliphatic carbocycles. The molecule has 3 heteroatoms. The summed E-state index contributed by atoms with van der Waals surface area (Å²) in [4.78, 5) is 15.7. The number of aldehydes is 1. The van der Waals surface area contributed by atoms with Crippen LogP contribution in [0.15, 0.2) is 18.3 Å². The van der Waals surface area contributed by atoms with Crippen molar-refractivity contribution in [1.82, 2.24) is 9.38 Å². The van der Waals surface area contributed by atoms with Crippen LogP contribution in [-0.2, 0) is 12.8 Å². The SMILES string of the molecule is CCCc1nc2c(CC)cccn2c1C=O. The molecule has 0 bridgehead atoms. The van der Waals surface area contributed by atoms with E-state index in [1.165, 1.54) is 5.56 Å². The zero-order valence-corrected chi connectivity index (χ0v) is 9.73. The molecule has 0 atom stereocenters. The number of aromatic nitrogens is 2. The predicted octanol–water partition coefficient (Wildman–Crippen LogP) is 2.66. The molecule has 2 aromatic heterocycles. The van der Waals surface area contributed by atoms with E-state index in [0.29, 0.717) is 5.69 Å². The van der Waals surface area contributed by atoms with E-state index in [4.69, 9.17) is 0 Å². The van der Waals surface area contributed by atoms with Crippen molar-refractivity contribution in [3.8, 4) is 0 Å². The lowest BCUT2D eigenvalue weighted by atomic mass is 10.2. The van der Waals surface area contributed by atoms with Gasteiger partial charge in [0.25, 0.3) is 0 Å². The molecule has 2 aromatic rings. The van der Waals surface area contributed by atoms with Gasteiger partial charge in [0.2, 0.25) is 0 Å². The Labute approximate surface area is 95.1 Å². The number of carbonyl (C=O) groups excluding carboxylic acids is 1. The van der Waals surface area contributed by atoms with Crippen LogP contribution in [0.1, 0.15) is 42.0 Å². The van der Waals surface area contributed by atoms with Crippen LogP contribution in [0.25, 0.3) is 5.65 Å². The summed E-state index contributed by atoms with van der Waals surface area (Å²) in [6.45, 7) is 4.20. The summed E-state index contributed by atoms with van der Waals surface area (Å²) < 4.78 is 1.90. The summed E-state index contributed by atoms with van der Waals surface area (Å²) in [6, 6.07) is 4.03. The average Bonchev–Trinajstić information content (AvgIpc) is 2.66. The highest BCUT2D eigenvalue weighted by atomic mass is 16.1. The summed E-state index contributed by atoms with van der Waals surface area (Å²) in [5, 5.41) is 0. The second-order valence-corrected chi connectivity index (χ2v) is 3.89. The van der Waals surface area contributed by atoms with Gasteiger partial charge in [-0.15, -0.1) is 0 Å². The van der Waals surface area contributed by atoms with E-state index in [9.17, 15) is 4.79 Å². The van der Waals surface area contributed by atoms with Crippen LogP contribution in [0.4, 0.5) is 0 Å². The standard InChI is InChI=1S/C13H16N2O/c1-3-6-11-12(9-16)15-8-5-7-10(4-2)13(15)14-11/h5,7-9H,3-4,6H2,1-2H3. The molecule has 0 aliphatic rings. The van der Waals surface area contributed by atoms with Gasteiger partial charge in [0.15, 0.2) is 6.29 Å². The molecular weight excluding hydrogens is 200 g/mol. The van der Waals surface area contributed by atoms with Crippen LogP contribution in [-0.4, -0.2) is 15.7 Å². The van der Waals surface area contributed by atoms with Crippen molar-refractivity contribution in [3.05, 3.63) is 35.3 Å². The lowest BCUT2D eigenvalue weighted by Crippen LogP contribution is -1.95. The first-order valence-corrected chi connectivity index (χ1v) is 5.75. The first-order chi connectivity index (χ1) is 7.81. The Morgan fingerprint density at radius 2 is 2.25 bits per heavy atom. The van der Waals surface area contributed by atoms with E-state index in [0.717, 1.165) is 36.9 Å². The molecule has 2 heterocycles. The van der Waals surface area contributed by atoms with Crippen molar-refractivity contribution in [2.75, 3.05) is 0 Å². The van der Waals surface area contributed by atoms with Gasteiger partial charge in [-0.05, 0) is 24.5 Å². The minimum absolute atomic E-state index is 0.701. The lowest BCUT2D eigenvalue weighted by Gasteiger charge is -1.99. The van der Waals surface area contributed by atoms with Gasteiger partial charge in [-0.2, -0.15) is 0 Å². The van der Waals surface area contributed by atoms with Crippen LogP contribution in [0, 0.1) is 0 Å². The Bertz CT molecular complexity index is 514. The molecule has 0 amide bonds. The molecule has 0 saturated carbocycles. The van der Waals surface area contributed by atoms with Crippen molar-refractivity contribution in [1.29, 1.82) is 0 Å². The molecule has 0 aromatic carbocycles. The molecule has 0 fully saturated rings. The van der Waals surface area contributed by atoms with Gasteiger partial charge in [-0.1, -0.05) is 26.3 Å². The third-order valence-corrected chi connectivity index (χ3v) is 2.82. The summed E-state index contributed by atoms with van der Waals surface area (Å²) in [6.07, 6.45) is 5.62. The summed E-state index contributed by atoms with van der Waals surface area (Å²) >= 11 is 0. The van der Waals surface area contributed by atoms with Gasteiger partial charge in [0, 0.05) is 6.20 Å². The van der Waals surface area contributed by atoms with Gasteiger partial charge in [0.05, 0.1) is 5.69 Å². The number of hydrogen-bond acceptors (Lipinski definition) is 2. The Morgan fingerprint density at radius 3 is 2.88 bits per heavy atom. The van der Waals surface area contributed by atoms with Gasteiger partial charge >= 0.3 is 0 Å². The van der Waals surface area contributed by atoms with Gasteiger partial charge in [-0.3, -0.25) is 9.20 Å². The molecule has 0 aliphatic heterocycles. The Kier molecular flexibility index (Phi) is 3.04. The van der Waals surface area contributed by atoms with Crippen LogP contribution in [0.5, 0.6) is 0 Å². The maximum absolute atomic E-state index is 11.1. The first-order valence-electron chi connectivity index (χ1n) is 5.75.